The second-order valence-corrected chi connectivity index (χ2v) is 4.15. The number of H-pyrrole nitrogens is 1. The lowest BCUT2D eigenvalue weighted by molar-refractivity contribution is 0.0721. The molecule has 2 aromatic rings. The third-order valence-corrected chi connectivity index (χ3v) is 2.55. The molecule has 2 rings (SSSR count). The van der Waals surface area contributed by atoms with Crippen molar-refractivity contribution in [2.24, 2.45) is 0 Å². The van der Waals surface area contributed by atoms with Crippen molar-refractivity contribution in [3.63, 3.8) is 0 Å². The summed E-state index contributed by atoms with van der Waals surface area (Å²) in [5.41, 5.74) is -0.197. The van der Waals surface area contributed by atoms with Gasteiger partial charge >= 0.3 is 0 Å². The number of hydrogen-bond acceptors (Lipinski definition) is 6. The van der Waals surface area contributed by atoms with Crippen molar-refractivity contribution in [2.75, 3.05) is 13.2 Å². The Morgan fingerprint density at radius 2 is 2.11 bits per heavy atom. The predicted octanol–water partition coefficient (Wildman–Crippen LogP) is -1.17. The quantitative estimate of drug-likeness (QED) is 0.542. The van der Waals surface area contributed by atoms with Crippen LogP contribution in [0.4, 0.5) is 0 Å². The summed E-state index contributed by atoms with van der Waals surface area (Å²) in [5, 5.41) is 20.8. The SMILES string of the molecule is CC(CO)(CO)NC(=O)c1ncnc2nc[nH]c12. The highest BCUT2D eigenvalue weighted by Crippen LogP contribution is 2.11. The van der Waals surface area contributed by atoms with Gasteiger partial charge in [-0.15, -0.1) is 0 Å². The van der Waals surface area contributed by atoms with Crippen LogP contribution in [0.25, 0.3) is 11.2 Å². The van der Waals surface area contributed by atoms with Crippen LogP contribution in [0.5, 0.6) is 0 Å². The third-order valence-electron chi connectivity index (χ3n) is 2.55. The van der Waals surface area contributed by atoms with Crippen molar-refractivity contribution in [3.8, 4) is 0 Å². The van der Waals surface area contributed by atoms with Gasteiger partial charge in [-0.2, -0.15) is 0 Å². The summed E-state index contributed by atoms with van der Waals surface area (Å²) in [6.07, 6.45) is 2.64. The van der Waals surface area contributed by atoms with Crippen LogP contribution < -0.4 is 5.32 Å². The summed E-state index contributed by atoms with van der Waals surface area (Å²) >= 11 is 0. The number of rotatable bonds is 4. The number of aromatic nitrogens is 4. The number of nitrogens with one attached hydrogen (secondary N) is 2. The van der Waals surface area contributed by atoms with E-state index in [9.17, 15) is 4.79 Å². The Kier molecular flexibility index (Phi) is 3.21. The molecule has 4 N–H and O–H groups in total. The number of nitrogens with zero attached hydrogens (tertiary/aromatic N) is 3. The average molecular weight is 251 g/mol. The fourth-order valence-electron chi connectivity index (χ4n) is 1.40. The smallest absolute Gasteiger partial charge is 0.272 e. The van der Waals surface area contributed by atoms with E-state index in [0.29, 0.717) is 11.2 Å². The van der Waals surface area contributed by atoms with E-state index in [-0.39, 0.29) is 18.9 Å². The highest BCUT2D eigenvalue weighted by Gasteiger charge is 2.26. The number of fused-ring (bicyclic) bond motifs is 1. The molecule has 0 spiro atoms. The van der Waals surface area contributed by atoms with Crippen molar-refractivity contribution in [2.45, 2.75) is 12.5 Å². The van der Waals surface area contributed by atoms with Gasteiger partial charge in [0, 0.05) is 0 Å². The molecule has 0 bridgehead atoms. The van der Waals surface area contributed by atoms with Crippen LogP contribution in [0.2, 0.25) is 0 Å². The summed E-state index contributed by atoms with van der Waals surface area (Å²) in [6, 6.07) is 0. The molecule has 0 saturated heterocycles. The number of carbonyl (C=O) groups is 1. The molecular formula is C10H13N5O3. The molecular weight excluding hydrogens is 238 g/mol. The van der Waals surface area contributed by atoms with Gasteiger partial charge in [-0.25, -0.2) is 15.0 Å². The van der Waals surface area contributed by atoms with Crippen molar-refractivity contribution >= 4 is 17.1 Å². The molecule has 0 aliphatic rings. The number of amides is 1. The Labute approximate surface area is 102 Å². The number of hydrogen-bond donors (Lipinski definition) is 4. The standard InChI is InChI=1S/C10H13N5O3/c1-10(2-16,3-17)15-9(18)7-6-8(13-4-11-6)14-5-12-7/h4-5,16-17H,2-3H2,1H3,(H,15,18)(H,11,12,13,14). The lowest BCUT2D eigenvalue weighted by atomic mass is 10.1. The van der Waals surface area contributed by atoms with Crippen molar-refractivity contribution in [3.05, 3.63) is 18.3 Å². The van der Waals surface area contributed by atoms with E-state index in [0.717, 1.165) is 0 Å². The second-order valence-electron chi connectivity index (χ2n) is 4.15. The first kappa shape index (κ1) is 12.4. The van der Waals surface area contributed by atoms with Gasteiger partial charge in [-0.3, -0.25) is 4.79 Å². The number of carbonyl (C=O) groups excluding carboxylic acids is 1. The first-order chi connectivity index (χ1) is 8.59. The zero-order valence-electron chi connectivity index (χ0n) is 9.71. The lowest BCUT2D eigenvalue weighted by Crippen LogP contribution is -2.52. The van der Waals surface area contributed by atoms with Gasteiger partial charge in [-0.05, 0) is 6.92 Å². The lowest BCUT2D eigenvalue weighted by Gasteiger charge is -2.25. The number of aromatic amines is 1. The number of aliphatic hydroxyl groups is 2. The van der Waals surface area contributed by atoms with Crippen LogP contribution in [-0.2, 0) is 0 Å². The van der Waals surface area contributed by atoms with Gasteiger partial charge in [-0.1, -0.05) is 0 Å². The van der Waals surface area contributed by atoms with Gasteiger partial charge in [0.25, 0.3) is 5.91 Å². The first-order valence-corrected chi connectivity index (χ1v) is 5.28. The fourth-order valence-corrected chi connectivity index (χ4v) is 1.40. The van der Waals surface area contributed by atoms with Gasteiger partial charge in [0.1, 0.15) is 11.8 Å². The molecule has 0 atom stereocenters. The van der Waals surface area contributed by atoms with E-state index in [1.807, 2.05) is 0 Å². The first-order valence-electron chi connectivity index (χ1n) is 5.28. The molecule has 8 nitrogen and oxygen atoms in total. The van der Waals surface area contributed by atoms with Gasteiger partial charge in [0.05, 0.1) is 25.1 Å². The third kappa shape index (κ3) is 2.15. The maximum Gasteiger partial charge on any atom is 0.272 e. The van der Waals surface area contributed by atoms with E-state index in [1.165, 1.54) is 19.6 Å². The Bertz CT molecular complexity index is 563. The molecule has 0 aliphatic carbocycles. The average Bonchev–Trinajstić information content (AvgIpc) is 2.86. The van der Waals surface area contributed by atoms with Gasteiger partial charge in [0.2, 0.25) is 0 Å². The van der Waals surface area contributed by atoms with E-state index < -0.39 is 11.4 Å². The van der Waals surface area contributed by atoms with Crippen LogP contribution >= 0.6 is 0 Å². The topological polar surface area (TPSA) is 124 Å². The Morgan fingerprint density at radius 1 is 1.39 bits per heavy atom. The van der Waals surface area contributed by atoms with Gasteiger partial charge in [0.15, 0.2) is 11.3 Å². The van der Waals surface area contributed by atoms with Crippen LogP contribution in [0.1, 0.15) is 17.4 Å². The molecule has 18 heavy (non-hydrogen) atoms. The molecule has 96 valence electrons. The maximum absolute atomic E-state index is 12.0. The van der Waals surface area contributed by atoms with Crippen LogP contribution in [-0.4, -0.2) is 54.8 Å². The molecule has 0 radical (unpaired) electrons. The summed E-state index contributed by atoms with van der Waals surface area (Å²) in [7, 11) is 0. The highest BCUT2D eigenvalue weighted by molar-refractivity contribution is 6.02. The molecule has 2 aromatic heterocycles. The minimum absolute atomic E-state index is 0.116. The molecule has 8 heteroatoms. The van der Waals surface area contributed by atoms with E-state index >= 15 is 0 Å². The molecule has 2 heterocycles. The Balaban J connectivity index is 2.31. The molecule has 1 amide bonds. The molecule has 0 unspecified atom stereocenters. The highest BCUT2D eigenvalue weighted by atomic mass is 16.3. The second kappa shape index (κ2) is 4.67. The number of imidazole rings is 1. The molecule has 0 fully saturated rings. The Hall–Kier alpha value is -2.06. The molecule has 0 aliphatic heterocycles. The Morgan fingerprint density at radius 3 is 2.78 bits per heavy atom. The summed E-state index contributed by atoms with van der Waals surface area (Å²) in [4.78, 5) is 26.5. The molecule has 0 aromatic carbocycles. The summed E-state index contributed by atoms with van der Waals surface area (Å²) in [5.74, 6) is -0.516. The minimum atomic E-state index is -1.10. The van der Waals surface area contributed by atoms with Crippen LogP contribution in [0.3, 0.4) is 0 Å². The zero-order chi connectivity index (χ0) is 13.2. The fraction of sp³-hybridized carbons (Fsp3) is 0.400. The van der Waals surface area contributed by atoms with Crippen LogP contribution in [0, 0.1) is 0 Å². The summed E-state index contributed by atoms with van der Waals surface area (Å²) < 4.78 is 0. The molecule has 0 saturated carbocycles. The maximum atomic E-state index is 12.0. The number of aliphatic hydroxyl groups excluding tert-OH is 2. The predicted molar refractivity (Wildman–Crippen MR) is 61.7 cm³/mol. The largest absolute Gasteiger partial charge is 0.394 e. The van der Waals surface area contributed by atoms with Gasteiger partial charge < -0.3 is 20.5 Å². The normalized spacial score (nSPS) is 11.7. The summed E-state index contributed by atoms with van der Waals surface area (Å²) in [6.45, 7) is 0.759. The van der Waals surface area contributed by atoms with Crippen molar-refractivity contribution in [1.29, 1.82) is 0 Å². The monoisotopic (exact) mass is 251 g/mol. The minimum Gasteiger partial charge on any atom is -0.394 e. The van der Waals surface area contributed by atoms with E-state index in [2.05, 4.69) is 25.3 Å². The van der Waals surface area contributed by atoms with E-state index in [4.69, 9.17) is 10.2 Å². The van der Waals surface area contributed by atoms with Crippen LogP contribution in [0.15, 0.2) is 12.7 Å². The zero-order valence-corrected chi connectivity index (χ0v) is 9.71. The van der Waals surface area contributed by atoms with Crippen molar-refractivity contribution < 1.29 is 15.0 Å². The van der Waals surface area contributed by atoms with E-state index in [1.54, 1.807) is 0 Å². The van der Waals surface area contributed by atoms with Crippen molar-refractivity contribution in [1.82, 2.24) is 25.3 Å².